The van der Waals surface area contributed by atoms with E-state index in [9.17, 15) is 19.1 Å². The number of benzene rings is 3. The van der Waals surface area contributed by atoms with Crippen molar-refractivity contribution in [1.29, 1.82) is 0 Å². The second-order valence-electron chi connectivity index (χ2n) is 9.92. The van der Waals surface area contributed by atoms with Gasteiger partial charge in [0.05, 0.1) is 0 Å². The largest absolute Gasteiger partial charge is 0.480 e. The number of carboxylic acids is 1. The van der Waals surface area contributed by atoms with E-state index in [-0.39, 0.29) is 23.8 Å². The molecule has 0 radical (unpaired) electrons. The molecular formula is C28H24FNO4. The summed E-state index contributed by atoms with van der Waals surface area (Å²) in [7, 11) is 0. The molecule has 0 heterocycles. The molecule has 1 atom stereocenters. The number of fused-ring (bicyclic) bond motifs is 3. The van der Waals surface area contributed by atoms with Gasteiger partial charge in [-0.15, -0.1) is 0 Å². The van der Waals surface area contributed by atoms with Crippen molar-refractivity contribution >= 4 is 12.1 Å². The SMILES string of the molecule is O=C(NC(C(=O)O)C12CC(c3cccc(F)c3)(C1)C2)OCC1c2ccccc2-c2ccccc21. The standard InChI is InChI=1S/C28H24FNO4/c29-18-7-5-6-17(12-18)27-14-28(15-27,16-27)24(25(31)32)30-26(33)34-13-23-21-10-3-1-8-19(21)20-9-2-4-11-22(20)23/h1-12,23-24H,13-16H2,(H,30,33)(H,31,32). The predicted octanol–water partition coefficient (Wildman–Crippen LogP) is 5.24. The van der Waals surface area contributed by atoms with Crippen molar-refractivity contribution in [1.82, 2.24) is 5.32 Å². The average molecular weight is 458 g/mol. The number of carbonyl (C=O) groups excluding carboxylic acids is 1. The van der Waals surface area contributed by atoms with Crippen molar-refractivity contribution in [2.75, 3.05) is 6.61 Å². The Kier molecular flexibility index (Phi) is 4.56. The highest BCUT2D eigenvalue weighted by Gasteiger charge is 2.72. The number of halogens is 1. The normalized spacial score (nSPS) is 24.7. The first kappa shape index (κ1) is 20.9. The van der Waals surface area contributed by atoms with Gasteiger partial charge in [-0.25, -0.2) is 14.0 Å². The van der Waals surface area contributed by atoms with Crippen molar-refractivity contribution in [2.45, 2.75) is 36.6 Å². The molecular weight excluding hydrogens is 433 g/mol. The third-order valence-corrected chi connectivity index (χ3v) is 7.97. The first-order valence-electron chi connectivity index (χ1n) is 11.5. The number of alkyl carbamates (subject to hydrolysis) is 1. The molecule has 3 saturated carbocycles. The molecule has 3 aromatic carbocycles. The monoisotopic (exact) mass is 457 g/mol. The molecule has 7 rings (SSSR count). The Morgan fingerprint density at radius 3 is 2.18 bits per heavy atom. The maximum Gasteiger partial charge on any atom is 0.407 e. The summed E-state index contributed by atoms with van der Waals surface area (Å²) < 4.78 is 19.2. The Bertz CT molecular complexity index is 1250. The van der Waals surface area contributed by atoms with Gasteiger partial charge in [-0.2, -0.15) is 0 Å². The van der Waals surface area contributed by atoms with Crippen molar-refractivity contribution in [2.24, 2.45) is 5.41 Å². The Morgan fingerprint density at radius 1 is 0.971 bits per heavy atom. The van der Waals surface area contributed by atoms with Crippen LogP contribution in [0.5, 0.6) is 0 Å². The number of ether oxygens (including phenoxy) is 1. The lowest BCUT2D eigenvalue weighted by Crippen LogP contribution is -2.73. The van der Waals surface area contributed by atoms with Crippen LogP contribution >= 0.6 is 0 Å². The highest BCUT2D eigenvalue weighted by Crippen LogP contribution is 2.75. The van der Waals surface area contributed by atoms with Gasteiger partial charge < -0.3 is 15.2 Å². The van der Waals surface area contributed by atoms with E-state index in [2.05, 4.69) is 17.4 Å². The van der Waals surface area contributed by atoms with Crippen LogP contribution in [0.4, 0.5) is 9.18 Å². The third-order valence-electron chi connectivity index (χ3n) is 7.97. The molecule has 1 amide bonds. The first-order chi connectivity index (χ1) is 16.4. The lowest BCUT2D eigenvalue weighted by molar-refractivity contribution is -0.183. The zero-order chi connectivity index (χ0) is 23.5. The van der Waals surface area contributed by atoms with Crippen LogP contribution in [-0.2, 0) is 14.9 Å². The molecule has 3 aromatic rings. The number of nitrogens with one attached hydrogen (secondary N) is 1. The molecule has 1 unspecified atom stereocenters. The predicted molar refractivity (Wildman–Crippen MR) is 124 cm³/mol. The minimum absolute atomic E-state index is 0.0902. The van der Waals surface area contributed by atoms with E-state index in [1.165, 1.54) is 12.1 Å². The molecule has 0 spiro atoms. The highest BCUT2D eigenvalue weighted by atomic mass is 19.1. The van der Waals surface area contributed by atoms with Gasteiger partial charge in [-0.1, -0.05) is 60.7 Å². The summed E-state index contributed by atoms with van der Waals surface area (Å²) in [5.74, 6) is -1.45. The molecule has 5 nitrogen and oxygen atoms in total. The molecule has 3 fully saturated rings. The number of aliphatic carboxylic acids is 1. The molecule has 2 bridgehead atoms. The lowest BCUT2D eigenvalue weighted by Gasteiger charge is -2.72. The number of hydrogen-bond donors (Lipinski definition) is 2. The van der Waals surface area contributed by atoms with E-state index in [0.717, 1.165) is 27.8 Å². The van der Waals surface area contributed by atoms with Crippen LogP contribution in [0.15, 0.2) is 72.8 Å². The van der Waals surface area contributed by atoms with Gasteiger partial charge in [0.1, 0.15) is 18.5 Å². The number of rotatable bonds is 6. The Morgan fingerprint density at radius 2 is 1.59 bits per heavy atom. The van der Waals surface area contributed by atoms with Gasteiger partial charge in [0.2, 0.25) is 0 Å². The van der Waals surface area contributed by atoms with Crippen LogP contribution < -0.4 is 5.32 Å². The van der Waals surface area contributed by atoms with E-state index >= 15 is 0 Å². The van der Waals surface area contributed by atoms with E-state index in [1.54, 1.807) is 6.07 Å². The van der Waals surface area contributed by atoms with E-state index < -0.39 is 23.5 Å². The van der Waals surface area contributed by atoms with Crippen LogP contribution in [-0.4, -0.2) is 29.8 Å². The summed E-state index contributed by atoms with van der Waals surface area (Å²) in [5, 5.41) is 12.5. The minimum atomic E-state index is -1.07. The van der Waals surface area contributed by atoms with Crippen molar-refractivity contribution in [3.8, 4) is 11.1 Å². The number of carbonyl (C=O) groups is 2. The van der Waals surface area contributed by atoms with Gasteiger partial charge in [0, 0.05) is 11.3 Å². The number of hydrogen-bond acceptors (Lipinski definition) is 3. The van der Waals surface area contributed by atoms with E-state index in [4.69, 9.17) is 4.74 Å². The lowest BCUT2D eigenvalue weighted by atomic mass is 9.31. The summed E-state index contributed by atoms with van der Waals surface area (Å²) >= 11 is 0. The van der Waals surface area contributed by atoms with Crippen LogP contribution in [0, 0.1) is 11.2 Å². The third kappa shape index (κ3) is 3.05. The Hall–Kier alpha value is -3.67. The molecule has 0 aromatic heterocycles. The van der Waals surface area contributed by atoms with E-state index in [1.807, 2.05) is 42.5 Å². The number of carboxylic acid groups (broad SMARTS) is 1. The molecule has 6 heteroatoms. The molecule has 2 N–H and O–H groups in total. The highest BCUT2D eigenvalue weighted by molar-refractivity contribution is 5.82. The van der Waals surface area contributed by atoms with Gasteiger partial charge in [-0.05, 0) is 64.6 Å². The fourth-order valence-corrected chi connectivity index (χ4v) is 6.53. The molecule has 4 aliphatic carbocycles. The maximum atomic E-state index is 13.7. The van der Waals surface area contributed by atoms with Gasteiger partial charge in [0.25, 0.3) is 0 Å². The van der Waals surface area contributed by atoms with Crippen LogP contribution in [0.1, 0.15) is 41.9 Å². The zero-order valence-corrected chi connectivity index (χ0v) is 18.5. The fourth-order valence-electron chi connectivity index (χ4n) is 6.53. The summed E-state index contributed by atoms with van der Waals surface area (Å²) in [6.07, 6.45) is 1.12. The quantitative estimate of drug-likeness (QED) is 0.531. The van der Waals surface area contributed by atoms with Crippen molar-refractivity contribution < 1.29 is 23.8 Å². The second kappa shape index (κ2) is 7.42. The maximum absolute atomic E-state index is 13.7. The first-order valence-corrected chi connectivity index (χ1v) is 11.5. The van der Waals surface area contributed by atoms with Crippen molar-refractivity contribution in [3.63, 3.8) is 0 Å². The Balaban J connectivity index is 1.13. The zero-order valence-electron chi connectivity index (χ0n) is 18.5. The molecule has 4 aliphatic rings. The van der Waals surface area contributed by atoms with Crippen LogP contribution in [0.25, 0.3) is 11.1 Å². The molecule has 172 valence electrons. The summed E-state index contributed by atoms with van der Waals surface area (Å²) in [6, 6.07) is 21.6. The second-order valence-corrected chi connectivity index (χ2v) is 9.92. The topological polar surface area (TPSA) is 75.6 Å². The summed E-state index contributed by atoms with van der Waals surface area (Å²) in [4.78, 5) is 24.7. The minimum Gasteiger partial charge on any atom is -0.480 e. The molecule has 34 heavy (non-hydrogen) atoms. The van der Waals surface area contributed by atoms with Crippen molar-refractivity contribution in [3.05, 3.63) is 95.3 Å². The smallest absolute Gasteiger partial charge is 0.407 e. The van der Waals surface area contributed by atoms with Gasteiger partial charge in [0.15, 0.2) is 0 Å². The molecule has 0 aliphatic heterocycles. The Labute approximate surface area is 196 Å². The van der Waals surface area contributed by atoms with Gasteiger partial charge >= 0.3 is 12.1 Å². The van der Waals surface area contributed by atoms with E-state index in [0.29, 0.717) is 19.3 Å². The number of amides is 1. The summed E-state index contributed by atoms with van der Waals surface area (Å²) in [5.41, 5.74) is 4.67. The van der Waals surface area contributed by atoms with Crippen LogP contribution in [0.2, 0.25) is 0 Å². The fraction of sp³-hybridized carbons (Fsp3) is 0.286. The average Bonchev–Trinajstić information content (AvgIpc) is 3.09. The summed E-state index contributed by atoms with van der Waals surface area (Å²) in [6.45, 7) is 0.131. The van der Waals surface area contributed by atoms with Crippen LogP contribution in [0.3, 0.4) is 0 Å². The molecule has 0 saturated heterocycles. The van der Waals surface area contributed by atoms with Gasteiger partial charge in [-0.3, -0.25) is 0 Å².